The third kappa shape index (κ3) is 1.85. The summed E-state index contributed by atoms with van der Waals surface area (Å²) in [5.74, 6) is 0.733. The fraction of sp³-hybridized carbons (Fsp3) is 0.500. The minimum Gasteiger partial charge on any atom is -0.350 e. The normalized spacial score (nSPS) is 17.5. The van der Waals surface area contributed by atoms with Gasteiger partial charge in [-0.25, -0.2) is 0 Å². The zero-order chi connectivity index (χ0) is 12.7. The van der Waals surface area contributed by atoms with Crippen molar-refractivity contribution < 1.29 is 0 Å². The van der Waals surface area contributed by atoms with Crippen molar-refractivity contribution in [3.05, 3.63) is 35.0 Å². The van der Waals surface area contributed by atoms with Crippen molar-refractivity contribution >= 4 is 10.9 Å². The molecule has 2 heteroatoms. The SMILES string of the molecule is Cc1cc2c(C3CCNCC3)cn(C)c2cc1C. The second-order valence-corrected chi connectivity index (χ2v) is 5.67. The van der Waals surface area contributed by atoms with Gasteiger partial charge in [-0.3, -0.25) is 0 Å². The molecule has 0 unspecified atom stereocenters. The fourth-order valence-corrected chi connectivity index (χ4v) is 3.13. The first kappa shape index (κ1) is 11.8. The van der Waals surface area contributed by atoms with Gasteiger partial charge in [0.1, 0.15) is 0 Å². The van der Waals surface area contributed by atoms with Crippen LogP contribution in [0.3, 0.4) is 0 Å². The van der Waals surface area contributed by atoms with Gasteiger partial charge >= 0.3 is 0 Å². The standard InChI is InChI=1S/C16H22N2/c1-11-8-14-15(13-4-6-17-7-5-13)10-18(3)16(14)9-12(11)2/h8-10,13,17H,4-7H2,1-3H3. The lowest BCUT2D eigenvalue weighted by molar-refractivity contribution is 0.462. The van der Waals surface area contributed by atoms with E-state index >= 15 is 0 Å². The number of piperidine rings is 1. The van der Waals surface area contributed by atoms with Crippen LogP contribution in [0.5, 0.6) is 0 Å². The highest BCUT2D eigenvalue weighted by atomic mass is 14.9. The molecule has 1 aromatic carbocycles. The molecule has 2 heterocycles. The molecular formula is C16H22N2. The van der Waals surface area contributed by atoms with E-state index < -0.39 is 0 Å². The smallest absolute Gasteiger partial charge is 0.0483 e. The first-order valence-corrected chi connectivity index (χ1v) is 6.93. The maximum atomic E-state index is 3.45. The number of hydrogen-bond acceptors (Lipinski definition) is 1. The first-order valence-electron chi connectivity index (χ1n) is 6.93. The summed E-state index contributed by atoms with van der Waals surface area (Å²) in [5, 5.41) is 4.92. The number of nitrogens with one attached hydrogen (secondary N) is 1. The third-order valence-corrected chi connectivity index (χ3v) is 4.41. The molecule has 0 radical (unpaired) electrons. The van der Waals surface area contributed by atoms with Crippen LogP contribution in [0.15, 0.2) is 18.3 Å². The van der Waals surface area contributed by atoms with E-state index in [1.54, 1.807) is 5.56 Å². The van der Waals surface area contributed by atoms with E-state index in [4.69, 9.17) is 0 Å². The maximum Gasteiger partial charge on any atom is 0.0483 e. The Labute approximate surface area is 109 Å². The Kier molecular flexibility index (Phi) is 2.90. The molecule has 0 bridgehead atoms. The van der Waals surface area contributed by atoms with Gasteiger partial charge in [-0.2, -0.15) is 0 Å². The van der Waals surface area contributed by atoms with Gasteiger partial charge in [-0.1, -0.05) is 0 Å². The third-order valence-electron chi connectivity index (χ3n) is 4.41. The van der Waals surface area contributed by atoms with Gasteiger partial charge in [-0.05, 0) is 74.5 Å². The molecule has 0 amide bonds. The molecule has 0 aliphatic carbocycles. The predicted molar refractivity (Wildman–Crippen MR) is 77.2 cm³/mol. The zero-order valence-electron chi connectivity index (χ0n) is 11.6. The average molecular weight is 242 g/mol. The highest BCUT2D eigenvalue weighted by molar-refractivity contribution is 5.86. The molecule has 96 valence electrons. The van der Waals surface area contributed by atoms with Crippen molar-refractivity contribution in [2.45, 2.75) is 32.6 Å². The molecular weight excluding hydrogens is 220 g/mol. The highest BCUT2D eigenvalue weighted by Gasteiger charge is 2.19. The van der Waals surface area contributed by atoms with Gasteiger partial charge in [0.2, 0.25) is 0 Å². The van der Waals surface area contributed by atoms with Crippen molar-refractivity contribution in [2.75, 3.05) is 13.1 Å². The summed E-state index contributed by atoms with van der Waals surface area (Å²) < 4.78 is 2.29. The van der Waals surface area contributed by atoms with Crippen molar-refractivity contribution in [2.24, 2.45) is 7.05 Å². The fourth-order valence-electron chi connectivity index (χ4n) is 3.13. The van der Waals surface area contributed by atoms with Gasteiger partial charge in [0.05, 0.1) is 0 Å². The van der Waals surface area contributed by atoms with E-state index in [0.717, 1.165) is 19.0 Å². The Hall–Kier alpha value is -1.28. The maximum absolute atomic E-state index is 3.45. The summed E-state index contributed by atoms with van der Waals surface area (Å²) in [7, 11) is 2.17. The molecule has 1 aliphatic rings. The summed E-state index contributed by atoms with van der Waals surface area (Å²) >= 11 is 0. The molecule has 2 aromatic rings. The van der Waals surface area contributed by atoms with Crippen LogP contribution in [0.4, 0.5) is 0 Å². The number of rotatable bonds is 1. The molecule has 0 saturated carbocycles. The molecule has 1 aromatic heterocycles. The molecule has 0 atom stereocenters. The van der Waals surface area contributed by atoms with E-state index in [9.17, 15) is 0 Å². The van der Waals surface area contributed by atoms with Crippen LogP contribution in [0.25, 0.3) is 10.9 Å². The first-order chi connectivity index (χ1) is 8.66. The highest BCUT2D eigenvalue weighted by Crippen LogP contribution is 2.33. The number of hydrogen-bond donors (Lipinski definition) is 1. The van der Waals surface area contributed by atoms with Crippen LogP contribution in [0.2, 0.25) is 0 Å². The number of aromatic nitrogens is 1. The van der Waals surface area contributed by atoms with E-state index in [0.29, 0.717) is 0 Å². The number of nitrogens with zero attached hydrogens (tertiary/aromatic N) is 1. The van der Waals surface area contributed by atoms with Gasteiger partial charge in [0.15, 0.2) is 0 Å². The quantitative estimate of drug-likeness (QED) is 0.812. The summed E-state index contributed by atoms with van der Waals surface area (Å²) in [4.78, 5) is 0. The molecule has 1 saturated heterocycles. The second-order valence-electron chi connectivity index (χ2n) is 5.67. The van der Waals surface area contributed by atoms with Gasteiger partial charge in [-0.15, -0.1) is 0 Å². The minimum atomic E-state index is 0.733. The minimum absolute atomic E-state index is 0.733. The Morgan fingerprint density at radius 3 is 2.50 bits per heavy atom. The van der Waals surface area contributed by atoms with Gasteiger partial charge in [0.25, 0.3) is 0 Å². The van der Waals surface area contributed by atoms with Crippen molar-refractivity contribution in [3.8, 4) is 0 Å². The van der Waals surface area contributed by atoms with Crippen LogP contribution >= 0.6 is 0 Å². The molecule has 3 rings (SSSR count). The zero-order valence-corrected chi connectivity index (χ0v) is 11.6. The van der Waals surface area contributed by atoms with E-state index in [-0.39, 0.29) is 0 Å². The molecule has 2 nitrogen and oxygen atoms in total. The summed E-state index contributed by atoms with van der Waals surface area (Å²) in [6, 6.07) is 4.71. The Balaban J connectivity index is 2.14. The van der Waals surface area contributed by atoms with E-state index in [1.807, 2.05) is 0 Å². The summed E-state index contributed by atoms with van der Waals surface area (Å²) in [6.45, 7) is 6.73. The Morgan fingerprint density at radius 2 is 1.78 bits per heavy atom. The summed E-state index contributed by atoms with van der Waals surface area (Å²) in [6.07, 6.45) is 4.89. The molecule has 1 aliphatic heterocycles. The molecule has 1 fully saturated rings. The Bertz CT molecular complexity index is 574. The number of benzene rings is 1. The van der Waals surface area contributed by atoms with Crippen LogP contribution in [-0.4, -0.2) is 17.7 Å². The molecule has 0 spiro atoms. The largest absolute Gasteiger partial charge is 0.350 e. The van der Waals surface area contributed by atoms with Crippen LogP contribution < -0.4 is 5.32 Å². The van der Waals surface area contributed by atoms with Gasteiger partial charge in [0, 0.05) is 24.1 Å². The lowest BCUT2D eigenvalue weighted by Gasteiger charge is -2.22. The molecule has 18 heavy (non-hydrogen) atoms. The predicted octanol–water partition coefficient (Wildman–Crippen LogP) is 3.26. The average Bonchev–Trinajstić information content (AvgIpc) is 2.69. The second kappa shape index (κ2) is 4.43. The van der Waals surface area contributed by atoms with Gasteiger partial charge < -0.3 is 9.88 Å². The summed E-state index contributed by atoms with van der Waals surface area (Å²) in [5.41, 5.74) is 5.73. The molecule has 1 N–H and O–H groups in total. The lowest BCUT2D eigenvalue weighted by Crippen LogP contribution is -2.26. The van der Waals surface area contributed by atoms with E-state index in [2.05, 4.69) is 49.1 Å². The van der Waals surface area contributed by atoms with Crippen LogP contribution in [0.1, 0.15) is 35.4 Å². The van der Waals surface area contributed by atoms with Crippen molar-refractivity contribution in [3.63, 3.8) is 0 Å². The van der Waals surface area contributed by atoms with Crippen molar-refractivity contribution in [1.29, 1.82) is 0 Å². The van der Waals surface area contributed by atoms with Crippen molar-refractivity contribution in [1.82, 2.24) is 9.88 Å². The topological polar surface area (TPSA) is 17.0 Å². The van der Waals surface area contributed by atoms with Crippen LogP contribution in [-0.2, 0) is 7.05 Å². The monoisotopic (exact) mass is 242 g/mol. The van der Waals surface area contributed by atoms with E-state index in [1.165, 1.54) is 34.9 Å². The van der Waals surface area contributed by atoms with Crippen LogP contribution in [0, 0.1) is 13.8 Å². The lowest BCUT2D eigenvalue weighted by atomic mass is 9.89. The Morgan fingerprint density at radius 1 is 1.11 bits per heavy atom. The number of aryl methyl sites for hydroxylation is 3. The number of fused-ring (bicyclic) bond motifs is 1.